The van der Waals surface area contributed by atoms with E-state index in [4.69, 9.17) is 5.73 Å². The molecule has 0 bridgehead atoms. The smallest absolute Gasteiger partial charge is 0.251 e. The lowest BCUT2D eigenvalue weighted by Gasteiger charge is -2.40. The number of rotatable bonds is 4. The number of amides is 1. The lowest BCUT2D eigenvalue weighted by molar-refractivity contribution is 0.1000. The van der Waals surface area contributed by atoms with Crippen molar-refractivity contribution >= 4 is 17.5 Å². The molecule has 1 aliphatic rings. The van der Waals surface area contributed by atoms with Crippen LogP contribution in [0.25, 0.3) is 0 Å². The largest absolute Gasteiger partial charge is 0.366 e. The average Bonchev–Trinajstić information content (AvgIpc) is 2.87. The van der Waals surface area contributed by atoms with E-state index in [0.29, 0.717) is 5.56 Å². The second kappa shape index (κ2) is 5.04. The van der Waals surface area contributed by atoms with Gasteiger partial charge < -0.3 is 15.5 Å². The molecule has 0 unspecified atom stereocenters. The van der Waals surface area contributed by atoms with E-state index in [9.17, 15) is 4.79 Å². The van der Waals surface area contributed by atoms with Gasteiger partial charge >= 0.3 is 0 Å². The van der Waals surface area contributed by atoms with Crippen LogP contribution in [0.1, 0.15) is 16.4 Å². The number of primary amides is 1. The van der Waals surface area contributed by atoms with E-state index in [1.165, 1.54) is 6.20 Å². The summed E-state index contributed by atoms with van der Waals surface area (Å²) >= 11 is 0. The topological polar surface area (TPSA) is 93.2 Å². The number of nitrogens with zero attached hydrogens (tertiary/aromatic N) is 6. The molecule has 110 valence electrons. The zero-order valence-corrected chi connectivity index (χ0v) is 12.0. The molecule has 0 radical (unpaired) electrons. The third-order valence-electron chi connectivity index (χ3n) is 3.54. The van der Waals surface area contributed by atoms with Crippen molar-refractivity contribution in [2.75, 3.05) is 37.0 Å². The molecule has 0 aliphatic carbocycles. The Balaban J connectivity index is 1.67. The van der Waals surface area contributed by atoms with Gasteiger partial charge in [-0.25, -0.2) is 9.97 Å². The fourth-order valence-electron chi connectivity index (χ4n) is 2.23. The summed E-state index contributed by atoms with van der Waals surface area (Å²) in [5.41, 5.74) is 5.66. The molecule has 0 atom stereocenters. The molecule has 1 saturated heterocycles. The Morgan fingerprint density at radius 1 is 1.38 bits per heavy atom. The van der Waals surface area contributed by atoms with Gasteiger partial charge in [0.25, 0.3) is 5.91 Å². The number of carbonyl (C=O) groups is 1. The maximum atomic E-state index is 11.1. The van der Waals surface area contributed by atoms with E-state index >= 15 is 0 Å². The summed E-state index contributed by atoms with van der Waals surface area (Å²) in [4.78, 5) is 23.6. The molecule has 1 amide bonds. The van der Waals surface area contributed by atoms with Crippen molar-refractivity contribution in [3.05, 3.63) is 30.4 Å². The number of hydrogen-bond donors (Lipinski definition) is 1. The van der Waals surface area contributed by atoms with Gasteiger partial charge in [0, 0.05) is 39.4 Å². The van der Waals surface area contributed by atoms with E-state index in [1.54, 1.807) is 17.2 Å². The monoisotopic (exact) mass is 287 g/mol. The third kappa shape index (κ3) is 2.51. The molecule has 8 nitrogen and oxygen atoms in total. The Morgan fingerprint density at radius 3 is 2.76 bits per heavy atom. The Bertz CT molecular complexity index is 660. The van der Waals surface area contributed by atoms with Gasteiger partial charge in [0.2, 0.25) is 0 Å². The number of carbonyl (C=O) groups excluding carboxylic acids is 1. The molecule has 3 heterocycles. The summed E-state index contributed by atoms with van der Waals surface area (Å²) in [6.45, 7) is 1.59. The Kier molecular flexibility index (Phi) is 3.20. The predicted molar refractivity (Wildman–Crippen MR) is 78.4 cm³/mol. The summed E-state index contributed by atoms with van der Waals surface area (Å²) in [7, 11) is 3.89. The van der Waals surface area contributed by atoms with Crippen LogP contribution in [0.5, 0.6) is 0 Å². The molecule has 21 heavy (non-hydrogen) atoms. The third-order valence-corrected chi connectivity index (χ3v) is 3.54. The van der Waals surface area contributed by atoms with Crippen LogP contribution in [0, 0.1) is 0 Å². The van der Waals surface area contributed by atoms with Gasteiger partial charge in [-0.1, -0.05) is 0 Å². The van der Waals surface area contributed by atoms with Crippen molar-refractivity contribution in [3.63, 3.8) is 0 Å². The molecular formula is C13H17N7O. The van der Waals surface area contributed by atoms with Crippen LogP contribution < -0.4 is 15.5 Å². The Morgan fingerprint density at radius 2 is 2.14 bits per heavy atom. The highest BCUT2D eigenvalue weighted by Crippen LogP contribution is 2.27. The number of aromatic nitrogens is 4. The summed E-state index contributed by atoms with van der Waals surface area (Å²) in [6, 6.07) is 2.18. The first-order chi connectivity index (χ1) is 10.0. The minimum Gasteiger partial charge on any atom is -0.366 e. The van der Waals surface area contributed by atoms with E-state index < -0.39 is 5.91 Å². The Hall–Kier alpha value is -2.64. The van der Waals surface area contributed by atoms with Gasteiger partial charge in [-0.05, 0) is 0 Å². The molecule has 0 aromatic carbocycles. The SMILES string of the molecule is CN(C)c1cc(N2CC(n3cc(C(N)=O)cn3)C2)ncn1. The van der Waals surface area contributed by atoms with Crippen molar-refractivity contribution < 1.29 is 4.79 Å². The van der Waals surface area contributed by atoms with Crippen LogP contribution in [0.3, 0.4) is 0 Å². The van der Waals surface area contributed by atoms with Crippen LogP contribution in [-0.2, 0) is 0 Å². The van der Waals surface area contributed by atoms with Gasteiger partial charge in [-0.2, -0.15) is 5.10 Å². The first-order valence-electron chi connectivity index (χ1n) is 6.63. The first kappa shape index (κ1) is 13.3. The highest BCUT2D eigenvalue weighted by molar-refractivity contribution is 5.92. The molecule has 3 rings (SSSR count). The molecule has 0 spiro atoms. The Labute approximate surface area is 122 Å². The first-order valence-corrected chi connectivity index (χ1v) is 6.63. The van der Waals surface area contributed by atoms with E-state index in [2.05, 4.69) is 20.0 Å². The van der Waals surface area contributed by atoms with Crippen LogP contribution >= 0.6 is 0 Å². The van der Waals surface area contributed by atoms with E-state index in [1.807, 2.05) is 25.1 Å². The normalized spacial score (nSPS) is 14.9. The fraction of sp³-hybridized carbons (Fsp3) is 0.385. The molecule has 8 heteroatoms. The molecule has 0 saturated carbocycles. The van der Waals surface area contributed by atoms with E-state index in [0.717, 1.165) is 24.7 Å². The van der Waals surface area contributed by atoms with Crippen LogP contribution in [-0.4, -0.2) is 52.8 Å². The van der Waals surface area contributed by atoms with Gasteiger partial charge in [-0.15, -0.1) is 0 Å². The van der Waals surface area contributed by atoms with Crippen molar-refractivity contribution in [1.82, 2.24) is 19.7 Å². The zero-order valence-electron chi connectivity index (χ0n) is 12.0. The van der Waals surface area contributed by atoms with Gasteiger partial charge in [-0.3, -0.25) is 9.48 Å². The summed E-state index contributed by atoms with van der Waals surface area (Å²) in [6.07, 6.45) is 4.76. The number of hydrogen-bond acceptors (Lipinski definition) is 6. The van der Waals surface area contributed by atoms with Crippen LogP contribution in [0.2, 0.25) is 0 Å². The van der Waals surface area contributed by atoms with Gasteiger partial charge in [0.05, 0.1) is 17.8 Å². The lowest BCUT2D eigenvalue weighted by atomic mass is 10.1. The minimum absolute atomic E-state index is 0.232. The summed E-state index contributed by atoms with van der Waals surface area (Å²) < 4.78 is 1.78. The standard InChI is InChI=1S/C13H17N7O/c1-18(2)11-3-12(16-8-15-11)19-6-10(7-19)20-5-9(4-17-20)13(14)21/h3-5,8,10H,6-7H2,1-2H3,(H2,14,21). The van der Waals surface area contributed by atoms with Crippen LogP contribution in [0.15, 0.2) is 24.8 Å². The fourth-order valence-corrected chi connectivity index (χ4v) is 2.23. The molecule has 2 aromatic rings. The van der Waals surface area contributed by atoms with E-state index in [-0.39, 0.29) is 6.04 Å². The van der Waals surface area contributed by atoms with Crippen molar-refractivity contribution in [2.45, 2.75) is 6.04 Å². The number of anilines is 2. The molecule has 1 aliphatic heterocycles. The maximum Gasteiger partial charge on any atom is 0.251 e. The lowest BCUT2D eigenvalue weighted by Crippen LogP contribution is -2.48. The molecule has 1 fully saturated rings. The quantitative estimate of drug-likeness (QED) is 0.844. The molecular weight excluding hydrogens is 270 g/mol. The second-order valence-corrected chi connectivity index (χ2v) is 5.26. The zero-order chi connectivity index (χ0) is 15.0. The highest BCUT2D eigenvalue weighted by atomic mass is 16.1. The predicted octanol–water partition coefficient (Wildman–Crippen LogP) is -0.101. The minimum atomic E-state index is -0.455. The van der Waals surface area contributed by atoms with Crippen molar-refractivity contribution in [2.24, 2.45) is 5.73 Å². The highest BCUT2D eigenvalue weighted by Gasteiger charge is 2.30. The number of nitrogens with two attached hydrogens (primary N) is 1. The van der Waals surface area contributed by atoms with Crippen molar-refractivity contribution in [1.29, 1.82) is 0 Å². The maximum absolute atomic E-state index is 11.1. The average molecular weight is 287 g/mol. The van der Waals surface area contributed by atoms with Crippen LogP contribution in [0.4, 0.5) is 11.6 Å². The molecule has 2 N–H and O–H groups in total. The van der Waals surface area contributed by atoms with Gasteiger partial charge in [0.1, 0.15) is 18.0 Å². The van der Waals surface area contributed by atoms with Gasteiger partial charge in [0.15, 0.2) is 0 Å². The summed E-state index contributed by atoms with van der Waals surface area (Å²) in [5, 5.41) is 4.18. The van der Waals surface area contributed by atoms with Crippen molar-refractivity contribution in [3.8, 4) is 0 Å². The second-order valence-electron chi connectivity index (χ2n) is 5.26. The summed E-state index contributed by atoms with van der Waals surface area (Å²) in [5.74, 6) is 1.31. The molecule has 2 aromatic heterocycles.